The van der Waals surface area contributed by atoms with E-state index in [1.54, 1.807) is 12.1 Å². The highest BCUT2D eigenvalue weighted by atomic mass is 16.5. The molecule has 100 valence electrons. The Kier molecular flexibility index (Phi) is 8.69. The van der Waals surface area contributed by atoms with Crippen LogP contribution < -0.4 is 4.74 Å². The van der Waals surface area contributed by atoms with Crippen LogP contribution in [0, 0.1) is 6.57 Å². The van der Waals surface area contributed by atoms with Crippen molar-refractivity contribution >= 4 is 5.69 Å². The van der Waals surface area contributed by atoms with E-state index in [1.807, 2.05) is 12.1 Å². The number of hydrogen-bond donors (Lipinski definition) is 0. The summed E-state index contributed by atoms with van der Waals surface area (Å²) in [6.07, 6.45) is 1.03. The van der Waals surface area contributed by atoms with E-state index in [4.69, 9.17) is 11.3 Å². The molecule has 0 atom stereocenters. The second-order valence-corrected chi connectivity index (χ2v) is 3.83. The van der Waals surface area contributed by atoms with Crippen molar-refractivity contribution in [2.45, 2.75) is 27.7 Å². The van der Waals surface area contributed by atoms with Crippen LogP contribution in [0.4, 0.5) is 5.69 Å². The first-order valence-electron chi connectivity index (χ1n) is 6.12. The van der Waals surface area contributed by atoms with Crippen molar-refractivity contribution in [3.63, 3.8) is 0 Å². The molecule has 0 saturated heterocycles. The Balaban J connectivity index is 0.00000289. The Morgan fingerprint density at radius 3 is 2.28 bits per heavy atom. The van der Waals surface area contributed by atoms with Crippen LogP contribution in [0.3, 0.4) is 0 Å². The summed E-state index contributed by atoms with van der Waals surface area (Å²) in [6.45, 7) is 15.2. The first-order chi connectivity index (χ1) is 8.30. The largest absolute Gasteiger partial charge is 0.494 e. The third-order valence-electron chi connectivity index (χ3n) is 2.75. The molecule has 3 nitrogen and oxygen atoms in total. The summed E-state index contributed by atoms with van der Waals surface area (Å²) >= 11 is 0. The Morgan fingerprint density at radius 1 is 1.17 bits per heavy atom. The maximum absolute atomic E-state index is 6.85. The smallest absolute Gasteiger partial charge is 0.187 e. The van der Waals surface area contributed by atoms with Crippen molar-refractivity contribution in [1.29, 1.82) is 0 Å². The maximum Gasteiger partial charge on any atom is 0.187 e. The van der Waals surface area contributed by atoms with Crippen molar-refractivity contribution in [3.05, 3.63) is 35.7 Å². The molecule has 18 heavy (non-hydrogen) atoms. The number of ether oxygens (including phenoxy) is 1. The monoisotopic (exact) mass is 248 g/mol. The lowest BCUT2D eigenvalue weighted by atomic mass is 10.3. The van der Waals surface area contributed by atoms with E-state index < -0.39 is 0 Å². The highest BCUT2D eigenvalue weighted by Crippen LogP contribution is 2.17. The molecular formula is C15H24N2O. The van der Waals surface area contributed by atoms with Crippen LogP contribution in [0.25, 0.3) is 4.85 Å². The van der Waals surface area contributed by atoms with Crippen molar-refractivity contribution in [3.8, 4) is 5.75 Å². The van der Waals surface area contributed by atoms with Crippen LogP contribution in [-0.2, 0) is 0 Å². The molecule has 0 spiro atoms. The van der Waals surface area contributed by atoms with Gasteiger partial charge in [-0.15, -0.1) is 0 Å². The van der Waals surface area contributed by atoms with Crippen LogP contribution in [0.15, 0.2) is 24.3 Å². The molecule has 1 aromatic rings. The zero-order chi connectivity index (χ0) is 12.5. The molecule has 0 aromatic heterocycles. The molecule has 0 aliphatic heterocycles. The topological polar surface area (TPSA) is 16.8 Å². The number of benzene rings is 1. The zero-order valence-corrected chi connectivity index (χ0v) is 10.6. The van der Waals surface area contributed by atoms with Gasteiger partial charge in [-0.25, -0.2) is 4.85 Å². The Bertz CT molecular complexity index is 350. The third kappa shape index (κ3) is 5.70. The predicted molar refractivity (Wildman–Crippen MR) is 77.3 cm³/mol. The molecule has 0 N–H and O–H groups in total. The molecule has 0 amide bonds. The van der Waals surface area contributed by atoms with E-state index in [1.165, 1.54) is 0 Å². The van der Waals surface area contributed by atoms with Crippen LogP contribution in [-0.4, -0.2) is 31.1 Å². The average molecular weight is 248 g/mol. The van der Waals surface area contributed by atoms with E-state index >= 15 is 0 Å². The highest BCUT2D eigenvalue weighted by Gasteiger charge is 1.99. The lowest BCUT2D eigenvalue weighted by molar-refractivity contribution is 0.249. The van der Waals surface area contributed by atoms with E-state index in [9.17, 15) is 0 Å². The number of nitrogens with zero attached hydrogens (tertiary/aromatic N) is 2. The van der Waals surface area contributed by atoms with Crippen LogP contribution in [0.5, 0.6) is 5.75 Å². The van der Waals surface area contributed by atoms with Crippen molar-refractivity contribution in [2.75, 3.05) is 26.2 Å². The first-order valence-corrected chi connectivity index (χ1v) is 6.12. The van der Waals surface area contributed by atoms with E-state index in [0.29, 0.717) is 5.69 Å². The molecule has 3 heteroatoms. The van der Waals surface area contributed by atoms with Gasteiger partial charge in [0.2, 0.25) is 0 Å². The summed E-state index contributed by atoms with van der Waals surface area (Å²) in [5.74, 6) is 0.844. The SMILES string of the molecule is C.[C-]#[N+]c1ccc(OCCCN(CC)CC)cc1. The summed E-state index contributed by atoms with van der Waals surface area (Å²) in [4.78, 5) is 5.72. The van der Waals surface area contributed by atoms with Gasteiger partial charge >= 0.3 is 0 Å². The normalized spacial score (nSPS) is 9.67. The third-order valence-corrected chi connectivity index (χ3v) is 2.75. The predicted octanol–water partition coefficient (Wildman–Crippen LogP) is 3.98. The first kappa shape index (κ1) is 16.5. The number of hydrogen-bond acceptors (Lipinski definition) is 2. The van der Waals surface area contributed by atoms with Gasteiger partial charge in [0.25, 0.3) is 0 Å². The molecule has 0 saturated carbocycles. The molecule has 1 rings (SSSR count). The van der Waals surface area contributed by atoms with Gasteiger partial charge in [0, 0.05) is 6.54 Å². The summed E-state index contributed by atoms with van der Waals surface area (Å²) in [6, 6.07) is 7.27. The minimum atomic E-state index is 0. The summed E-state index contributed by atoms with van der Waals surface area (Å²) in [5.41, 5.74) is 0.653. The van der Waals surface area contributed by atoms with Crippen LogP contribution in [0.1, 0.15) is 27.7 Å². The highest BCUT2D eigenvalue weighted by molar-refractivity contribution is 5.46. The Hall–Kier alpha value is -1.53. The van der Waals surface area contributed by atoms with Gasteiger partial charge in [0.15, 0.2) is 5.69 Å². The molecule has 0 heterocycles. The second kappa shape index (κ2) is 9.49. The van der Waals surface area contributed by atoms with Crippen molar-refractivity contribution in [1.82, 2.24) is 4.90 Å². The fraction of sp³-hybridized carbons (Fsp3) is 0.533. The summed E-state index contributed by atoms with van der Waals surface area (Å²) < 4.78 is 5.62. The zero-order valence-electron chi connectivity index (χ0n) is 10.6. The van der Waals surface area contributed by atoms with Gasteiger partial charge in [0.1, 0.15) is 5.75 Å². The van der Waals surface area contributed by atoms with Gasteiger partial charge in [-0.05, 0) is 31.6 Å². The standard InChI is InChI=1S/C14H20N2O.CH4/c1-4-16(5-2)11-6-12-17-14-9-7-13(15-3)8-10-14;/h7-10H,4-6,11-12H2,1-2H3;1H4. The summed E-state index contributed by atoms with van der Waals surface area (Å²) in [5, 5.41) is 0. The van der Waals surface area contributed by atoms with Gasteiger partial charge in [-0.3, -0.25) is 0 Å². The summed E-state index contributed by atoms with van der Waals surface area (Å²) in [7, 11) is 0. The lowest BCUT2D eigenvalue weighted by Gasteiger charge is -2.17. The van der Waals surface area contributed by atoms with Gasteiger partial charge in [-0.2, -0.15) is 0 Å². The van der Waals surface area contributed by atoms with E-state index in [0.717, 1.165) is 38.4 Å². The molecule has 0 unspecified atom stereocenters. The molecule has 0 bridgehead atoms. The fourth-order valence-electron chi connectivity index (χ4n) is 1.63. The minimum Gasteiger partial charge on any atom is -0.494 e. The van der Waals surface area contributed by atoms with Gasteiger partial charge in [-0.1, -0.05) is 33.4 Å². The van der Waals surface area contributed by atoms with Crippen molar-refractivity contribution in [2.24, 2.45) is 0 Å². The molecule has 0 aliphatic carbocycles. The van der Waals surface area contributed by atoms with E-state index in [-0.39, 0.29) is 7.43 Å². The average Bonchev–Trinajstić information content (AvgIpc) is 2.40. The number of rotatable bonds is 7. The second-order valence-electron chi connectivity index (χ2n) is 3.83. The Labute approximate surface area is 111 Å². The minimum absolute atomic E-state index is 0. The van der Waals surface area contributed by atoms with Crippen LogP contribution >= 0.6 is 0 Å². The van der Waals surface area contributed by atoms with Crippen molar-refractivity contribution < 1.29 is 4.74 Å². The van der Waals surface area contributed by atoms with Gasteiger partial charge in [0.05, 0.1) is 13.2 Å². The lowest BCUT2D eigenvalue weighted by Crippen LogP contribution is -2.25. The van der Waals surface area contributed by atoms with E-state index in [2.05, 4.69) is 23.6 Å². The Morgan fingerprint density at radius 2 is 1.78 bits per heavy atom. The fourth-order valence-corrected chi connectivity index (χ4v) is 1.63. The molecular weight excluding hydrogens is 224 g/mol. The molecule has 0 radical (unpaired) electrons. The molecule has 1 aromatic carbocycles. The quantitative estimate of drug-likeness (QED) is 0.536. The van der Waals surface area contributed by atoms with Gasteiger partial charge < -0.3 is 9.64 Å². The maximum atomic E-state index is 6.85. The van der Waals surface area contributed by atoms with Crippen LogP contribution in [0.2, 0.25) is 0 Å². The molecule has 0 aliphatic rings. The molecule has 0 fully saturated rings.